The van der Waals surface area contributed by atoms with Crippen LogP contribution in [0, 0.1) is 5.92 Å². The van der Waals surface area contributed by atoms with Crippen molar-refractivity contribution in [3.05, 3.63) is 48.3 Å². The fourth-order valence-corrected chi connectivity index (χ4v) is 4.73. The van der Waals surface area contributed by atoms with Crippen molar-refractivity contribution in [3.8, 4) is 5.69 Å². The summed E-state index contributed by atoms with van der Waals surface area (Å²) >= 11 is 0. The lowest BCUT2D eigenvalue weighted by Crippen LogP contribution is -2.13. The summed E-state index contributed by atoms with van der Waals surface area (Å²) in [5, 5.41) is 14.7. The average Bonchev–Trinajstić information content (AvgIpc) is 3.06. The van der Waals surface area contributed by atoms with E-state index in [2.05, 4.69) is 5.10 Å². The van der Waals surface area contributed by atoms with Crippen LogP contribution in [0.4, 0.5) is 0 Å². The molecule has 2 heterocycles. The predicted molar refractivity (Wildman–Crippen MR) is 79.9 cm³/mol. The molecule has 6 heteroatoms. The van der Waals surface area contributed by atoms with Gasteiger partial charge < -0.3 is 5.11 Å². The molecule has 1 saturated heterocycles. The summed E-state index contributed by atoms with van der Waals surface area (Å²) in [6, 6.07) is 11.4. The third-order valence-corrected chi connectivity index (χ3v) is 5.73. The van der Waals surface area contributed by atoms with E-state index in [1.54, 1.807) is 16.9 Å². The van der Waals surface area contributed by atoms with Gasteiger partial charge in [-0.2, -0.15) is 5.10 Å². The van der Waals surface area contributed by atoms with Crippen LogP contribution in [0.1, 0.15) is 24.6 Å². The molecule has 1 fully saturated rings. The highest BCUT2D eigenvalue weighted by molar-refractivity contribution is 7.91. The Bertz CT molecular complexity index is 710. The summed E-state index contributed by atoms with van der Waals surface area (Å²) in [5.41, 5.74) is 1.58. The van der Waals surface area contributed by atoms with Gasteiger partial charge in [0.15, 0.2) is 9.84 Å². The van der Waals surface area contributed by atoms with Gasteiger partial charge in [-0.05, 0) is 37.0 Å². The molecule has 112 valence electrons. The Balaban J connectivity index is 1.77. The van der Waals surface area contributed by atoms with Gasteiger partial charge in [-0.3, -0.25) is 0 Å². The molecule has 0 saturated carbocycles. The van der Waals surface area contributed by atoms with E-state index >= 15 is 0 Å². The maximum absolute atomic E-state index is 11.5. The number of hydrogen-bond donors (Lipinski definition) is 1. The first-order valence-electron chi connectivity index (χ1n) is 7.03. The van der Waals surface area contributed by atoms with Crippen molar-refractivity contribution in [2.75, 3.05) is 11.5 Å². The molecule has 2 unspecified atom stereocenters. The van der Waals surface area contributed by atoms with E-state index in [0.717, 1.165) is 5.69 Å². The lowest BCUT2D eigenvalue weighted by Gasteiger charge is -2.16. The summed E-state index contributed by atoms with van der Waals surface area (Å²) in [6.07, 6.45) is 2.04. The van der Waals surface area contributed by atoms with Crippen LogP contribution in [0.15, 0.2) is 42.6 Å². The number of para-hydroxylation sites is 1. The molecule has 1 aliphatic heterocycles. The van der Waals surface area contributed by atoms with Gasteiger partial charge in [0.05, 0.1) is 29.0 Å². The monoisotopic (exact) mass is 306 g/mol. The van der Waals surface area contributed by atoms with E-state index in [4.69, 9.17) is 0 Å². The number of sulfone groups is 1. The molecule has 5 nitrogen and oxygen atoms in total. The van der Waals surface area contributed by atoms with Gasteiger partial charge >= 0.3 is 0 Å². The fraction of sp³-hybridized carbons (Fsp3) is 0.400. The molecule has 0 radical (unpaired) electrons. The number of aliphatic hydroxyl groups excluding tert-OH is 1. The molecule has 3 rings (SSSR count). The molecule has 1 aromatic heterocycles. The van der Waals surface area contributed by atoms with E-state index in [-0.39, 0.29) is 17.4 Å². The minimum Gasteiger partial charge on any atom is -0.387 e. The number of hydrogen-bond acceptors (Lipinski definition) is 4. The van der Waals surface area contributed by atoms with Crippen LogP contribution < -0.4 is 0 Å². The van der Waals surface area contributed by atoms with Crippen molar-refractivity contribution in [1.82, 2.24) is 9.78 Å². The van der Waals surface area contributed by atoms with Crippen LogP contribution in [0.5, 0.6) is 0 Å². The zero-order valence-electron chi connectivity index (χ0n) is 11.6. The highest BCUT2D eigenvalue weighted by Crippen LogP contribution is 2.29. The lowest BCUT2D eigenvalue weighted by atomic mass is 9.99. The number of aliphatic hydroxyl groups is 1. The van der Waals surface area contributed by atoms with Gasteiger partial charge in [-0.15, -0.1) is 0 Å². The number of benzene rings is 1. The predicted octanol–water partition coefficient (Wildman–Crippen LogP) is 1.73. The Hall–Kier alpha value is -1.66. The molecule has 1 aromatic carbocycles. The highest BCUT2D eigenvalue weighted by atomic mass is 32.2. The fourth-order valence-electron chi connectivity index (χ4n) is 2.85. The minimum absolute atomic E-state index is 0.0316. The summed E-state index contributed by atoms with van der Waals surface area (Å²) < 4.78 is 24.7. The molecule has 2 atom stereocenters. The molecule has 0 aliphatic carbocycles. The van der Waals surface area contributed by atoms with Crippen molar-refractivity contribution >= 4 is 9.84 Å². The lowest BCUT2D eigenvalue weighted by molar-refractivity contribution is 0.141. The van der Waals surface area contributed by atoms with Gasteiger partial charge in [-0.25, -0.2) is 13.1 Å². The number of nitrogens with zero attached hydrogens (tertiary/aromatic N) is 2. The van der Waals surface area contributed by atoms with E-state index < -0.39 is 15.9 Å². The van der Waals surface area contributed by atoms with Crippen LogP contribution in [0.3, 0.4) is 0 Å². The molecule has 0 amide bonds. The Labute approximate surface area is 124 Å². The largest absolute Gasteiger partial charge is 0.387 e. The molecule has 0 bridgehead atoms. The Morgan fingerprint density at radius 3 is 2.71 bits per heavy atom. The highest BCUT2D eigenvalue weighted by Gasteiger charge is 2.30. The summed E-state index contributed by atoms with van der Waals surface area (Å²) in [5.74, 6) is 0.454. The first-order chi connectivity index (χ1) is 10.1. The SMILES string of the molecule is O=S1(=O)CCC(CC(O)c2ccnn2-c2ccccc2)C1. The van der Waals surface area contributed by atoms with E-state index in [1.807, 2.05) is 30.3 Å². The standard InChI is InChI=1S/C15H18N2O3S/c18-15(10-12-7-9-21(19,20)11-12)14-6-8-16-17(14)13-4-2-1-3-5-13/h1-6,8,12,15,18H,7,9-11H2. The van der Waals surface area contributed by atoms with E-state index in [1.165, 1.54) is 0 Å². The van der Waals surface area contributed by atoms with Crippen molar-refractivity contribution in [2.45, 2.75) is 18.9 Å². The van der Waals surface area contributed by atoms with E-state index in [9.17, 15) is 13.5 Å². The molecular formula is C15H18N2O3S. The normalized spacial score (nSPS) is 22.2. The van der Waals surface area contributed by atoms with Crippen LogP contribution in [-0.2, 0) is 9.84 Å². The van der Waals surface area contributed by atoms with Crippen LogP contribution >= 0.6 is 0 Å². The maximum atomic E-state index is 11.5. The summed E-state index contributed by atoms with van der Waals surface area (Å²) in [7, 11) is -2.91. The van der Waals surface area contributed by atoms with Crippen LogP contribution in [-0.4, -0.2) is 34.8 Å². The summed E-state index contributed by atoms with van der Waals surface area (Å²) in [6.45, 7) is 0. The zero-order chi connectivity index (χ0) is 14.9. The van der Waals surface area contributed by atoms with E-state index in [0.29, 0.717) is 18.5 Å². The zero-order valence-corrected chi connectivity index (χ0v) is 12.4. The van der Waals surface area contributed by atoms with Gasteiger partial charge in [0.1, 0.15) is 0 Å². The van der Waals surface area contributed by atoms with Crippen LogP contribution in [0.2, 0.25) is 0 Å². The van der Waals surface area contributed by atoms with Gasteiger partial charge in [0, 0.05) is 6.20 Å². The Morgan fingerprint density at radius 1 is 1.29 bits per heavy atom. The molecule has 0 spiro atoms. The third-order valence-electron chi connectivity index (χ3n) is 3.90. The average molecular weight is 306 g/mol. The molecule has 2 aromatic rings. The molecular weight excluding hydrogens is 288 g/mol. The minimum atomic E-state index is -2.91. The summed E-state index contributed by atoms with van der Waals surface area (Å²) in [4.78, 5) is 0. The number of aromatic nitrogens is 2. The Kier molecular flexibility index (Phi) is 3.82. The molecule has 21 heavy (non-hydrogen) atoms. The topological polar surface area (TPSA) is 72.2 Å². The second-order valence-electron chi connectivity index (χ2n) is 5.52. The maximum Gasteiger partial charge on any atom is 0.150 e. The first-order valence-corrected chi connectivity index (χ1v) is 8.85. The van der Waals surface area contributed by atoms with Crippen molar-refractivity contribution in [3.63, 3.8) is 0 Å². The van der Waals surface area contributed by atoms with Gasteiger partial charge in [0.2, 0.25) is 0 Å². The third kappa shape index (κ3) is 3.16. The van der Waals surface area contributed by atoms with Crippen molar-refractivity contribution < 1.29 is 13.5 Å². The number of rotatable bonds is 4. The molecule has 1 aliphatic rings. The molecule has 1 N–H and O–H groups in total. The quantitative estimate of drug-likeness (QED) is 0.933. The van der Waals surface area contributed by atoms with Gasteiger partial charge in [0.25, 0.3) is 0 Å². The Morgan fingerprint density at radius 2 is 2.05 bits per heavy atom. The van der Waals surface area contributed by atoms with Crippen molar-refractivity contribution in [2.24, 2.45) is 5.92 Å². The second kappa shape index (κ2) is 5.61. The first kappa shape index (κ1) is 14.3. The van der Waals surface area contributed by atoms with Gasteiger partial charge in [-0.1, -0.05) is 18.2 Å². The van der Waals surface area contributed by atoms with Crippen molar-refractivity contribution in [1.29, 1.82) is 0 Å². The second-order valence-corrected chi connectivity index (χ2v) is 7.75. The smallest absolute Gasteiger partial charge is 0.150 e. The van der Waals surface area contributed by atoms with Crippen LogP contribution in [0.25, 0.3) is 5.69 Å².